The van der Waals surface area contributed by atoms with E-state index in [9.17, 15) is 8.42 Å². The molecule has 0 radical (unpaired) electrons. The van der Waals surface area contributed by atoms with Gasteiger partial charge in [0.05, 0.1) is 10.4 Å². The predicted molar refractivity (Wildman–Crippen MR) is 115 cm³/mol. The molecule has 0 aliphatic carbocycles. The van der Waals surface area contributed by atoms with E-state index in [4.69, 9.17) is 0 Å². The van der Waals surface area contributed by atoms with Crippen LogP contribution in [0.2, 0.25) is 0 Å². The van der Waals surface area contributed by atoms with Crippen LogP contribution in [0.5, 0.6) is 0 Å². The van der Waals surface area contributed by atoms with Gasteiger partial charge in [-0.15, -0.1) is 0 Å². The molecule has 0 saturated carbocycles. The van der Waals surface area contributed by atoms with Crippen molar-refractivity contribution in [3.63, 3.8) is 0 Å². The van der Waals surface area contributed by atoms with Gasteiger partial charge in [0.25, 0.3) is 10.0 Å². The van der Waals surface area contributed by atoms with Gasteiger partial charge in [0.2, 0.25) is 0 Å². The van der Waals surface area contributed by atoms with Crippen LogP contribution in [0.15, 0.2) is 53.6 Å². The van der Waals surface area contributed by atoms with Crippen molar-refractivity contribution in [2.24, 2.45) is 7.05 Å². The summed E-state index contributed by atoms with van der Waals surface area (Å²) in [6.45, 7) is 2.01. The third kappa shape index (κ3) is 2.33. The number of benzene rings is 2. The van der Waals surface area contributed by atoms with Gasteiger partial charge < -0.3 is 9.88 Å². The zero-order chi connectivity index (χ0) is 19.9. The fourth-order valence-corrected chi connectivity index (χ4v) is 6.68. The monoisotopic (exact) mass is 405 g/mol. The maximum Gasteiger partial charge on any atom is 0.268 e. The van der Waals surface area contributed by atoms with Gasteiger partial charge in [0.1, 0.15) is 0 Å². The number of aromatic nitrogens is 2. The highest BCUT2D eigenvalue weighted by atomic mass is 32.2. The predicted octanol–water partition coefficient (Wildman–Crippen LogP) is 4.03. The SMILES string of the molecule is Cc1ccc2c(ccn2S(=O)(=O)c2ccc3c(c2)c2c(n3C)CC3CCC2N3)c1. The molecule has 2 aliphatic rings. The number of nitrogens with zero attached hydrogens (tertiary/aromatic N) is 2. The van der Waals surface area contributed by atoms with Crippen LogP contribution in [-0.4, -0.2) is 23.0 Å². The second-order valence-electron chi connectivity index (χ2n) is 8.47. The molecule has 2 aliphatic heterocycles. The Morgan fingerprint density at radius 2 is 1.86 bits per heavy atom. The Morgan fingerprint density at radius 1 is 1.03 bits per heavy atom. The van der Waals surface area contributed by atoms with Crippen molar-refractivity contribution >= 4 is 31.8 Å². The second-order valence-corrected chi connectivity index (χ2v) is 10.3. The zero-order valence-corrected chi connectivity index (χ0v) is 17.3. The van der Waals surface area contributed by atoms with E-state index in [2.05, 4.69) is 16.9 Å². The van der Waals surface area contributed by atoms with Gasteiger partial charge in [0, 0.05) is 53.7 Å². The largest absolute Gasteiger partial charge is 0.347 e. The molecular weight excluding hydrogens is 382 g/mol. The fourth-order valence-electron chi connectivity index (χ4n) is 5.30. The standard InChI is InChI=1S/C23H23N3O2S/c1-14-3-7-20-15(11-14)9-10-26(20)29(27,28)17-5-8-21-18(13-17)23-19-6-4-16(24-19)12-22(23)25(21)2/h3,5,7-11,13,16,19,24H,4,6,12H2,1-2H3. The lowest BCUT2D eigenvalue weighted by atomic mass is 9.99. The molecule has 2 bridgehead atoms. The van der Waals surface area contributed by atoms with Crippen molar-refractivity contribution < 1.29 is 8.42 Å². The number of fused-ring (bicyclic) bond motifs is 7. The summed E-state index contributed by atoms with van der Waals surface area (Å²) in [7, 11) is -1.57. The van der Waals surface area contributed by atoms with Gasteiger partial charge in [0.15, 0.2) is 0 Å². The summed E-state index contributed by atoms with van der Waals surface area (Å²) < 4.78 is 30.7. The zero-order valence-electron chi connectivity index (χ0n) is 16.5. The summed E-state index contributed by atoms with van der Waals surface area (Å²) in [5.41, 5.74) is 5.58. The lowest BCUT2D eigenvalue weighted by Gasteiger charge is -2.23. The van der Waals surface area contributed by atoms with Gasteiger partial charge in [-0.05, 0) is 61.7 Å². The summed E-state index contributed by atoms with van der Waals surface area (Å²) >= 11 is 0. The summed E-state index contributed by atoms with van der Waals surface area (Å²) in [6, 6.07) is 14.2. The minimum Gasteiger partial charge on any atom is -0.347 e. The van der Waals surface area contributed by atoms with Crippen LogP contribution in [0.4, 0.5) is 0 Å². The Labute approximate surface area is 170 Å². The molecule has 2 aromatic carbocycles. The van der Waals surface area contributed by atoms with E-state index in [1.807, 2.05) is 43.3 Å². The van der Waals surface area contributed by atoms with Crippen LogP contribution >= 0.6 is 0 Å². The molecule has 6 heteroatoms. The molecule has 2 aromatic heterocycles. The second kappa shape index (κ2) is 5.74. The van der Waals surface area contributed by atoms with Crippen molar-refractivity contribution in [1.29, 1.82) is 0 Å². The number of rotatable bonds is 2. The first-order chi connectivity index (χ1) is 13.9. The van der Waals surface area contributed by atoms with Crippen LogP contribution < -0.4 is 5.32 Å². The summed E-state index contributed by atoms with van der Waals surface area (Å²) in [4.78, 5) is 0.344. The molecule has 1 fully saturated rings. The third-order valence-corrected chi connectivity index (χ3v) is 8.42. The Balaban J connectivity index is 1.56. The van der Waals surface area contributed by atoms with Gasteiger partial charge in [-0.2, -0.15) is 0 Å². The lowest BCUT2D eigenvalue weighted by Crippen LogP contribution is -2.32. The molecule has 1 saturated heterocycles. The summed E-state index contributed by atoms with van der Waals surface area (Å²) in [6.07, 6.45) is 4.98. The summed E-state index contributed by atoms with van der Waals surface area (Å²) in [5, 5.41) is 5.70. The normalized spacial score (nSPS) is 21.2. The minimum absolute atomic E-state index is 0.334. The quantitative estimate of drug-likeness (QED) is 0.548. The van der Waals surface area contributed by atoms with Crippen LogP contribution in [0.3, 0.4) is 0 Å². The molecule has 0 amide bonds. The van der Waals surface area contributed by atoms with Crippen molar-refractivity contribution in [3.05, 3.63) is 65.5 Å². The van der Waals surface area contributed by atoms with Gasteiger partial charge in [-0.25, -0.2) is 12.4 Å². The van der Waals surface area contributed by atoms with E-state index < -0.39 is 10.0 Å². The summed E-state index contributed by atoms with van der Waals surface area (Å²) in [5.74, 6) is 0. The highest BCUT2D eigenvalue weighted by Crippen LogP contribution is 2.42. The van der Waals surface area contributed by atoms with Crippen molar-refractivity contribution in [2.45, 2.75) is 43.2 Å². The van der Waals surface area contributed by atoms with E-state index in [1.54, 1.807) is 12.3 Å². The van der Waals surface area contributed by atoms with Crippen LogP contribution in [0, 0.1) is 6.92 Å². The van der Waals surface area contributed by atoms with Crippen molar-refractivity contribution in [1.82, 2.24) is 13.9 Å². The van der Waals surface area contributed by atoms with E-state index in [0.717, 1.165) is 34.7 Å². The van der Waals surface area contributed by atoms with Crippen LogP contribution in [0.25, 0.3) is 21.8 Å². The van der Waals surface area contributed by atoms with Gasteiger partial charge >= 0.3 is 0 Å². The average Bonchev–Trinajstić information content (AvgIpc) is 3.37. The molecular formula is C23H23N3O2S. The Hall–Kier alpha value is -2.57. The van der Waals surface area contributed by atoms with Crippen molar-refractivity contribution in [3.8, 4) is 0 Å². The van der Waals surface area contributed by atoms with E-state index >= 15 is 0 Å². The minimum atomic E-state index is -3.67. The Morgan fingerprint density at radius 3 is 2.72 bits per heavy atom. The molecule has 29 heavy (non-hydrogen) atoms. The number of hydrogen-bond donors (Lipinski definition) is 1. The smallest absolute Gasteiger partial charge is 0.268 e. The number of nitrogens with one attached hydrogen (secondary N) is 1. The fraction of sp³-hybridized carbons (Fsp3) is 0.304. The first-order valence-electron chi connectivity index (χ1n) is 10.1. The first-order valence-corrected chi connectivity index (χ1v) is 11.6. The number of aryl methyl sites for hydroxylation is 2. The van der Waals surface area contributed by atoms with Crippen molar-refractivity contribution in [2.75, 3.05) is 0 Å². The van der Waals surface area contributed by atoms with E-state index in [0.29, 0.717) is 22.5 Å². The lowest BCUT2D eigenvalue weighted by molar-refractivity contribution is 0.503. The number of hydrogen-bond acceptors (Lipinski definition) is 3. The maximum atomic E-state index is 13.5. The molecule has 1 N–H and O–H groups in total. The molecule has 6 rings (SSSR count). The highest BCUT2D eigenvalue weighted by molar-refractivity contribution is 7.90. The van der Waals surface area contributed by atoms with Gasteiger partial charge in [-0.3, -0.25) is 0 Å². The molecule has 0 spiro atoms. The van der Waals surface area contributed by atoms with Crippen LogP contribution in [0.1, 0.15) is 35.7 Å². The molecule has 148 valence electrons. The average molecular weight is 406 g/mol. The molecule has 5 nitrogen and oxygen atoms in total. The Bertz CT molecular complexity index is 1410. The molecule has 4 aromatic rings. The topological polar surface area (TPSA) is 56.0 Å². The van der Waals surface area contributed by atoms with E-state index in [-0.39, 0.29) is 0 Å². The molecule has 2 unspecified atom stereocenters. The molecule has 2 atom stereocenters. The van der Waals surface area contributed by atoms with Gasteiger partial charge in [-0.1, -0.05) is 11.6 Å². The first kappa shape index (κ1) is 17.3. The Kier molecular flexibility index (Phi) is 3.42. The maximum absolute atomic E-state index is 13.5. The van der Waals surface area contributed by atoms with E-state index in [1.165, 1.54) is 21.7 Å². The highest BCUT2D eigenvalue weighted by Gasteiger charge is 2.36. The van der Waals surface area contributed by atoms with Crippen LogP contribution in [-0.2, 0) is 23.5 Å². The third-order valence-electron chi connectivity index (χ3n) is 6.73. The molecule has 4 heterocycles.